The number of nitrogens with one attached hydrogen (secondary N) is 1. The first-order valence-corrected chi connectivity index (χ1v) is 9.09. The molecule has 3 rings (SSSR count). The molecule has 128 valence electrons. The first-order valence-electron chi connectivity index (χ1n) is 9.09. The molecule has 3 heteroatoms. The van der Waals surface area contributed by atoms with Crippen molar-refractivity contribution >= 4 is 11.5 Å². The van der Waals surface area contributed by atoms with Gasteiger partial charge in [0.2, 0.25) is 0 Å². The molecule has 0 unspecified atom stereocenters. The molecule has 3 nitrogen and oxygen atoms in total. The average molecular weight is 324 g/mol. The standard InChI is InChI=1S/C21H28N2O/c1-15-9-7-8-12-20(15)22-14-21(24)19-13-16(2)23(17(19)3)18-10-5-4-6-11-18/h7-9,12-13,18,22H,4-6,10-11,14H2,1-3H3. The van der Waals surface area contributed by atoms with Crippen LogP contribution in [0.2, 0.25) is 0 Å². The maximum atomic E-state index is 12.7. The van der Waals surface area contributed by atoms with E-state index in [-0.39, 0.29) is 5.78 Å². The molecule has 0 atom stereocenters. The molecule has 2 aromatic rings. The molecule has 1 fully saturated rings. The molecule has 1 aromatic carbocycles. The number of Topliss-reactive ketones (excluding diaryl/α,β-unsaturated/α-hetero) is 1. The Morgan fingerprint density at radius 3 is 2.54 bits per heavy atom. The maximum absolute atomic E-state index is 12.7. The van der Waals surface area contributed by atoms with Gasteiger partial charge in [-0.25, -0.2) is 0 Å². The van der Waals surface area contributed by atoms with E-state index in [1.165, 1.54) is 37.8 Å². The van der Waals surface area contributed by atoms with Gasteiger partial charge in [-0.3, -0.25) is 4.79 Å². The SMILES string of the molecule is Cc1ccccc1NCC(=O)c1cc(C)n(C2CCCCC2)c1C. The summed E-state index contributed by atoms with van der Waals surface area (Å²) >= 11 is 0. The number of benzene rings is 1. The minimum atomic E-state index is 0.174. The highest BCUT2D eigenvalue weighted by atomic mass is 16.1. The summed E-state index contributed by atoms with van der Waals surface area (Å²) in [5, 5.41) is 3.29. The Labute approximate surface area is 145 Å². The minimum absolute atomic E-state index is 0.174. The van der Waals surface area contributed by atoms with Gasteiger partial charge in [-0.2, -0.15) is 0 Å². The number of ketones is 1. The van der Waals surface area contributed by atoms with Crippen molar-refractivity contribution in [2.45, 2.75) is 58.9 Å². The number of carbonyl (C=O) groups is 1. The Hall–Kier alpha value is -2.03. The number of hydrogen-bond acceptors (Lipinski definition) is 2. The predicted octanol–water partition coefficient (Wildman–Crippen LogP) is 5.21. The number of para-hydroxylation sites is 1. The smallest absolute Gasteiger partial charge is 0.183 e. The first-order chi connectivity index (χ1) is 11.6. The summed E-state index contributed by atoms with van der Waals surface area (Å²) in [6.07, 6.45) is 6.44. The van der Waals surface area contributed by atoms with Gasteiger partial charge in [0.1, 0.15) is 0 Å². The number of anilines is 1. The van der Waals surface area contributed by atoms with E-state index in [4.69, 9.17) is 0 Å². The molecule has 1 saturated carbocycles. The summed E-state index contributed by atoms with van der Waals surface area (Å²) in [7, 11) is 0. The zero-order valence-electron chi connectivity index (χ0n) is 15.1. The summed E-state index contributed by atoms with van der Waals surface area (Å²) in [6, 6.07) is 10.7. The van der Waals surface area contributed by atoms with Crippen LogP contribution in [0.15, 0.2) is 30.3 Å². The second kappa shape index (κ2) is 7.25. The van der Waals surface area contributed by atoms with Crippen LogP contribution in [0.1, 0.15) is 65.5 Å². The monoisotopic (exact) mass is 324 g/mol. The summed E-state index contributed by atoms with van der Waals surface area (Å²) in [4.78, 5) is 12.7. The van der Waals surface area contributed by atoms with Crippen molar-refractivity contribution in [2.24, 2.45) is 0 Å². The largest absolute Gasteiger partial charge is 0.377 e. The van der Waals surface area contributed by atoms with Crippen LogP contribution in [-0.4, -0.2) is 16.9 Å². The van der Waals surface area contributed by atoms with Crippen molar-refractivity contribution in [1.29, 1.82) is 0 Å². The Kier molecular flexibility index (Phi) is 5.08. The van der Waals surface area contributed by atoms with Gasteiger partial charge in [0.15, 0.2) is 5.78 Å². The lowest BCUT2D eigenvalue weighted by atomic mass is 9.95. The van der Waals surface area contributed by atoms with E-state index >= 15 is 0 Å². The van der Waals surface area contributed by atoms with Crippen molar-refractivity contribution in [3.05, 3.63) is 52.8 Å². The minimum Gasteiger partial charge on any atom is -0.377 e. The van der Waals surface area contributed by atoms with E-state index in [2.05, 4.69) is 42.8 Å². The van der Waals surface area contributed by atoms with Gasteiger partial charge in [0.25, 0.3) is 0 Å². The van der Waals surface area contributed by atoms with Crippen LogP contribution < -0.4 is 5.32 Å². The zero-order chi connectivity index (χ0) is 17.1. The zero-order valence-corrected chi connectivity index (χ0v) is 15.1. The molecule has 0 saturated heterocycles. The fourth-order valence-electron chi connectivity index (χ4n) is 4.00. The molecular weight excluding hydrogens is 296 g/mol. The van der Waals surface area contributed by atoms with Gasteiger partial charge in [-0.15, -0.1) is 0 Å². The van der Waals surface area contributed by atoms with Crippen LogP contribution in [0.5, 0.6) is 0 Å². The predicted molar refractivity (Wildman–Crippen MR) is 100 cm³/mol. The molecule has 1 aromatic heterocycles. The third kappa shape index (κ3) is 3.40. The van der Waals surface area contributed by atoms with Gasteiger partial charge in [0.05, 0.1) is 6.54 Å². The molecule has 1 aliphatic rings. The van der Waals surface area contributed by atoms with Gasteiger partial charge in [-0.05, 0) is 51.3 Å². The Bertz CT molecular complexity index is 723. The molecule has 24 heavy (non-hydrogen) atoms. The van der Waals surface area contributed by atoms with Crippen LogP contribution >= 0.6 is 0 Å². The van der Waals surface area contributed by atoms with Gasteiger partial charge < -0.3 is 9.88 Å². The number of hydrogen-bond donors (Lipinski definition) is 1. The Morgan fingerprint density at radius 1 is 1.12 bits per heavy atom. The highest BCUT2D eigenvalue weighted by Crippen LogP contribution is 2.32. The molecule has 0 radical (unpaired) electrons. The molecule has 0 spiro atoms. The fourth-order valence-corrected chi connectivity index (χ4v) is 4.00. The number of aryl methyl sites for hydroxylation is 2. The summed E-state index contributed by atoms with van der Waals surface area (Å²) in [5.74, 6) is 0.174. The lowest BCUT2D eigenvalue weighted by molar-refractivity contribution is 0.101. The highest BCUT2D eigenvalue weighted by Gasteiger charge is 2.22. The fraction of sp³-hybridized carbons (Fsp3) is 0.476. The highest BCUT2D eigenvalue weighted by molar-refractivity contribution is 6.00. The second-order valence-electron chi connectivity index (χ2n) is 7.04. The molecule has 0 bridgehead atoms. The van der Waals surface area contributed by atoms with E-state index in [9.17, 15) is 4.79 Å². The van der Waals surface area contributed by atoms with Crippen molar-refractivity contribution in [2.75, 3.05) is 11.9 Å². The molecule has 1 N–H and O–H groups in total. The van der Waals surface area contributed by atoms with Crippen LogP contribution in [0.4, 0.5) is 5.69 Å². The number of nitrogens with zero attached hydrogens (tertiary/aromatic N) is 1. The quantitative estimate of drug-likeness (QED) is 0.766. The lowest BCUT2D eigenvalue weighted by Gasteiger charge is -2.26. The van der Waals surface area contributed by atoms with E-state index in [1.807, 2.05) is 18.2 Å². The van der Waals surface area contributed by atoms with Gasteiger partial charge in [0, 0.05) is 28.7 Å². The Balaban J connectivity index is 1.74. The van der Waals surface area contributed by atoms with Crippen LogP contribution in [0, 0.1) is 20.8 Å². The summed E-state index contributed by atoms with van der Waals surface area (Å²) < 4.78 is 2.40. The van der Waals surface area contributed by atoms with Crippen LogP contribution in [-0.2, 0) is 0 Å². The lowest BCUT2D eigenvalue weighted by Crippen LogP contribution is -2.18. The third-order valence-electron chi connectivity index (χ3n) is 5.31. The summed E-state index contributed by atoms with van der Waals surface area (Å²) in [6.45, 7) is 6.64. The van der Waals surface area contributed by atoms with Crippen molar-refractivity contribution < 1.29 is 4.79 Å². The maximum Gasteiger partial charge on any atom is 0.183 e. The topological polar surface area (TPSA) is 34.0 Å². The van der Waals surface area contributed by atoms with Gasteiger partial charge >= 0.3 is 0 Å². The molecule has 0 amide bonds. The van der Waals surface area contributed by atoms with E-state index in [1.54, 1.807) is 0 Å². The second-order valence-corrected chi connectivity index (χ2v) is 7.04. The van der Waals surface area contributed by atoms with Gasteiger partial charge in [-0.1, -0.05) is 37.5 Å². The summed E-state index contributed by atoms with van der Waals surface area (Å²) in [5.41, 5.74) is 5.43. The van der Waals surface area contributed by atoms with E-state index in [0.29, 0.717) is 12.6 Å². The van der Waals surface area contributed by atoms with Crippen molar-refractivity contribution in [1.82, 2.24) is 4.57 Å². The number of carbonyl (C=O) groups excluding carboxylic acids is 1. The van der Waals surface area contributed by atoms with Crippen LogP contribution in [0.25, 0.3) is 0 Å². The third-order valence-corrected chi connectivity index (χ3v) is 5.31. The molecular formula is C21H28N2O. The van der Waals surface area contributed by atoms with E-state index < -0.39 is 0 Å². The number of aromatic nitrogens is 1. The molecule has 0 aliphatic heterocycles. The van der Waals surface area contributed by atoms with E-state index in [0.717, 1.165) is 22.5 Å². The Morgan fingerprint density at radius 2 is 1.83 bits per heavy atom. The van der Waals surface area contributed by atoms with Crippen molar-refractivity contribution in [3.63, 3.8) is 0 Å². The first kappa shape index (κ1) is 16.8. The normalized spacial score (nSPS) is 15.5. The van der Waals surface area contributed by atoms with Crippen LogP contribution in [0.3, 0.4) is 0 Å². The average Bonchev–Trinajstić information content (AvgIpc) is 2.89. The molecule has 1 heterocycles. The molecule has 1 aliphatic carbocycles. The number of rotatable bonds is 5. The van der Waals surface area contributed by atoms with Crippen molar-refractivity contribution in [3.8, 4) is 0 Å².